The Hall–Kier alpha value is -2.38. The van der Waals surface area contributed by atoms with Crippen molar-refractivity contribution in [3.8, 4) is 0 Å². The smallest absolute Gasteiger partial charge is 0.262 e. The average molecular weight is 388 g/mol. The Morgan fingerprint density at radius 2 is 1.96 bits per heavy atom. The molecular formula is C20H24N2O4S. The number of amides is 1. The summed E-state index contributed by atoms with van der Waals surface area (Å²) in [4.78, 5) is 12.8. The van der Waals surface area contributed by atoms with Gasteiger partial charge in [0.15, 0.2) is 0 Å². The molecule has 6 nitrogen and oxygen atoms in total. The maximum absolute atomic E-state index is 12.9. The van der Waals surface area contributed by atoms with E-state index in [0.717, 1.165) is 18.4 Å². The lowest BCUT2D eigenvalue weighted by Crippen LogP contribution is -2.32. The predicted octanol–water partition coefficient (Wildman–Crippen LogP) is 3.01. The van der Waals surface area contributed by atoms with Gasteiger partial charge in [-0.3, -0.25) is 9.52 Å². The Morgan fingerprint density at radius 1 is 1.19 bits per heavy atom. The zero-order valence-corrected chi connectivity index (χ0v) is 16.3. The molecule has 0 unspecified atom stereocenters. The molecule has 0 aromatic heterocycles. The molecule has 1 aliphatic heterocycles. The minimum absolute atomic E-state index is 0.0211. The third kappa shape index (κ3) is 4.67. The van der Waals surface area contributed by atoms with Crippen LogP contribution in [0.5, 0.6) is 0 Å². The number of para-hydroxylation sites is 1. The second kappa shape index (κ2) is 8.10. The van der Waals surface area contributed by atoms with Gasteiger partial charge < -0.3 is 10.1 Å². The molecule has 2 aromatic rings. The van der Waals surface area contributed by atoms with Gasteiger partial charge in [0, 0.05) is 13.2 Å². The van der Waals surface area contributed by atoms with Crippen LogP contribution in [0.1, 0.15) is 34.3 Å². The highest BCUT2D eigenvalue weighted by Gasteiger charge is 2.21. The van der Waals surface area contributed by atoms with Crippen molar-refractivity contribution in [2.45, 2.75) is 37.7 Å². The van der Waals surface area contributed by atoms with Crippen LogP contribution in [-0.2, 0) is 14.8 Å². The van der Waals surface area contributed by atoms with Crippen LogP contribution in [0.4, 0.5) is 5.69 Å². The highest BCUT2D eigenvalue weighted by molar-refractivity contribution is 7.92. The Kier molecular flexibility index (Phi) is 5.82. The standard InChI is InChI=1S/C20H24N2O4S/c1-14-9-10-15(2)19(12-14)27(24,25)22-18-8-4-3-7-17(18)20(23)21-13-16-6-5-11-26-16/h3-4,7-10,12,16,22H,5-6,11,13H2,1-2H3,(H,21,23)/t16-/m0/s1. The van der Waals surface area contributed by atoms with Gasteiger partial charge in [-0.1, -0.05) is 24.3 Å². The molecule has 1 heterocycles. The molecule has 1 fully saturated rings. The van der Waals surface area contributed by atoms with Crippen molar-refractivity contribution in [3.05, 3.63) is 59.2 Å². The normalized spacial score (nSPS) is 16.9. The largest absolute Gasteiger partial charge is 0.376 e. The van der Waals surface area contributed by atoms with E-state index in [4.69, 9.17) is 4.74 Å². The number of carbonyl (C=O) groups excluding carboxylic acids is 1. The summed E-state index contributed by atoms with van der Waals surface area (Å²) in [6.07, 6.45) is 1.93. The monoisotopic (exact) mass is 388 g/mol. The summed E-state index contributed by atoms with van der Waals surface area (Å²) in [7, 11) is -3.81. The minimum atomic E-state index is -3.81. The van der Waals surface area contributed by atoms with Gasteiger partial charge in [-0.05, 0) is 56.0 Å². The maximum atomic E-state index is 12.9. The second-order valence-electron chi connectivity index (χ2n) is 6.77. The summed E-state index contributed by atoms with van der Waals surface area (Å²) in [6, 6.07) is 11.8. The molecule has 0 bridgehead atoms. The van der Waals surface area contributed by atoms with Crippen LogP contribution in [0.3, 0.4) is 0 Å². The third-order valence-corrected chi connectivity index (χ3v) is 6.07. The van der Waals surface area contributed by atoms with Crippen LogP contribution < -0.4 is 10.0 Å². The number of benzene rings is 2. The van der Waals surface area contributed by atoms with Crippen LogP contribution in [0, 0.1) is 13.8 Å². The fraction of sp³-hybridized carbons (Fsp3) is 0.350. The molecule has 0 radical (unpaired) electrons. The summed E-state index contributed by atoms with van der Waals surface area (Å²) in [5.41, 5.74) is 2.03. The molecule has 7 heteroatoms. The Balaban J connectivity index is 1.80. The first-order chi connectivity index (χ1) is 12.9. The average Bonchev–Trinajstić information content (AvgIpc) is 3.15. The minimum Gasteiger partial charge on any atom is -0.376 e. The Bertz CT molecular complexity index is 935. The number of ether oxygens (including phenoxy) is 1. The first kappa shape index (κ1) is 19.4. The van der Waals surface area contributed by atoms with Crippen LogP contribution in [0.25, 0.3) is 0 Å². The topological polar surface area (TPSA) is 84.5 Å². The van der Waals surface area contributed by atoms with E-state index >= 15 is 0 Å². The molecule has 2 aromatic carbocycles. The summed E-state index contributed by atoms with van der Waals surface area (Å²) < 4.78 is 33.8. The lowest BCUT2D eigenvalue weighted by Gasteiger charge is -2.15. The number of nitrogens with one attached hydrogen (secondary N) is 2. The number of aryl methyl sites for hydroxylation is 2. The van der Waals surface area contributed by atoms with Crippen molar-refractivity contribution in [2.24, 2.45) is 0 Å². The molecule has 1 atom stereocenters. The van der Waals surface area contributed by atoms with E-state index in [0.29, 0.717) is 18.7 Å². The molecule has 1 amide bonds. The first-order valence-corrected chi connectivity index (χ1v) is 10.4. The molecular weight excluding hydrogens is 364 g/mol. The van der Waals surface area contributed by atoms with Gasteiger partial charge in [-0.2, -0.15) is 0 Å². The second-order valence-corrected chi connectivity index (χ2v) is 8.42. The van der Waals surface area contributed by atoms with Crippen molar-refractivity contribution in [2.75, 3.05) is 17.9 Å². The van der Waals surface area contributed by atoms with E-state index < -0.39 is 10.0 Å². The lowest BCUT2D eigenvalue weighted by atomic mass is 10.1. The summed E-state index contributed by atoms with van der Waals surface area (Å²) >= 11 is 0. The van der Waals surface area contributed by atoms with Gasteiger partial charge in [0.2, 0.25) is 0 Å². The SMILES string of the molecule is Cc1ccc(C)c(S(=O)(=O)Nc2ccccc2C(=O)NC[C@@H]2CCCO2)c1. The number of rotatable bonds is 6. The van der Waals surface area contributed by atoms with Gasteiger partial charge in [0.25, 0.3) is 15.9 Å². The number of carbonyl (C=O) groups is 1. The van der Waals surface area contributed by atoms with E-state index in [-0.39, 0.29) is 28.2 Å². The molecule has 2 N–H and O–H groups in total. The number of sulfonamides is 1. The Labute approximate surface area is 160 Å². The predicted molar refractivity (Wildman–Crippen MR) is 104 cm³/mol. The fourth-order valence-corrected chi connectivity index (χ4v) is 4.48. The van der Waals surface area contributed by atoms with Crippen molar-refractivity contribution >= 4 is 21.6 Å². The molecule has 144 valence electrons. The molecule has 3 rings (SSSR count). The molecule has 0 saturated carbocycles. The summed E-state index contributed by atoms with van der Waals surface area (Å²) in [6.45, 7) is 4.71. The van der Waals surface area contributed by atoms with Crippen LogP contribution >= 0.6 is 0 Å². The molecule has 1 saturated heterocycles. The van der Waals surface area contributed by atoms with Gasteiger partial charge in [0.05, 0.1) is 22.3 Å². The number of hydrogen-bond acceptors (Lipinski definition) is 4. The molecule has 1 aliphatic rings. The molecule has 27 heavy (non-hydrogen) atoms. The third-order valence-electron chi connectivity index (χ3n) is 4.56. The fourth-order valence-electron chi connectivity index (χ4n) is 3.07. The van der Waals surface area contributed by atoms with E-state index in [1.54, 1.807) is 43.3 Å². The highest BCUT2D eigenvalue weighted by atomic mass is 32.2. The van der Waals surface area contributed by atoms with Crippen LogP contribution in [0.2, 0.25) is 0 Å². The van der Waals surface area contributed by atoms with Gasteiger partial charge >= 0.3 is 0 Å². The summed E-state index contributed by atoms with van der Waals surface area (Å²) in [5.74, 6) is -0.329. The molecule has 0 aliphatic carbocycles. The maximum Gasteiger partial charge on any atom is 0.262 e. The highest BCUT2D eigenvalue weighted by Crippen LogP contribution is 2.23. The van der Waals surface area contributed by atoms with Gasteiger partial charge in [0.1, 0.15) is 0 Å². The van der Waals surface area contributed by atoms with E-state index in [2.05, 4.69) is 10.0 Å². The van der Waals surface area contributed by atoms with Crippen molar-refractivity contribution < 1.29 is 17.9 Å². The first-order valence-electron chi connectivity index (χ1n) is 8.96. The zero-order valence-electron chi connectivity index (χ0n) is 15.5. The van der Waals surface area contributed by atoms with E-state index in [1.165, 1.54) is 0 Å². The summed E-state index contributed by atoms with van der Waals surface area (Å²) in [5, 5.41) is 2.83. The van der Waals surface area contributed by atoms with Crippen molar-refractivity contribution in [1.82, 2.24) is 5.32 Å². The zero-order chi connectivity index (χ0) is 19.4. The van der Waals surface area contributed by atoms with Crippen LogP contribution in [-0.4, -0.2) is 33.6 Å². The van der Waals surface area contributed by atoms with Crippen LogP contribution in [0.15, 0.2) is 47.4 Å². The van der Waals surface area contributed by atoms with Gasteiger partial charge in [-0.25, -0.2) is 8.42 Å². The Morgan fingerprint density at radius 3 is 2.70 bits per heavy atom. The van der Waals surface area contributed by atoms with E-state index in [1.807, 2.05) is 13.0 Å². The lowest BCUT2D eigenvalue weighted by molar-refractivity contribution is 0.0858. The van der Waals surface area contributed by atoms with E-state index in [9.17, 15) is 13.2 Å². The van der Waals surface area contributed by atoms with Crippen molar-refractivity contribution in [3.63, 3.8) is 0 Å². The quantitative estimate of drug-likeness (QED) is 0.797. The number of anilines is 1. The van der Waals surface area contributed by atoms with Gasteiger partial charge in [-0.15, -0.1) is 0 Å². The van der Waals surface area contributed by atoms with Crippen molar-refractivity contribution in [1.29, 1.82) is 0 Å². The molecule has 0 spiro atoms. The number of hydrogen-bond donors (Lipinski definition) is 2.